The van der Waals surface area contributed by atoms with Gasteiger partial charge in [0.05, 0.1) is 0 Å². The number of unbranched alkanes of at least 4 members (excludes halogenated alkanes) is 1. The molecule has 1 saturated heterocycles. The van der Waals surface area contributed by atoms with Crippen molar-refractivity contribution in [1.82, 2.24) is 4.90 Å². The maximum atomic E-state index is 2.76. The van der Waals surface area contributed by atoms with Crippen LogP contribution in [-0.2, 0) is 5.41 Å². The summed E-state index contributed by atoms with van der Waals surface area (Å²) < 4.78 is 0. The van der Waals surface area contributed by atoms with E-state index in [0.717, 1.165) is 6.04 Å². The highest BCUT2D eigenvalue weighted by molar-refractivity contribution is 5.36. The quantitative estimate of drug-likeness (QED) is 0.483. The predicted octanol–water partition coefficient (Wildman–Crippen LogP) is 6.98. The van der Waals surface area contributed by atoms with Gasteiger partial charge in [-0.25, -0.2) is 0 Å². The van der Waals surface area contributed by atoms with E-state index >= 15 is 0 Å². The van der Waals surface area contributed by atoms with Crippen LogP contribution >= 0.6 is 0 Å². The Bertz CT molecular complexity index is 480. The van der Waals surface area contributed by atoms with Crippen LogP contribution in [-0.4, -0.2) is 24.0 Å². The van der Waals surface area contributed by atoms with Gasteiger partial charge in [0.2, 0.25) is 0 Å². The monoisotopic (exact) mass is 343 g/mol. The van der Waals surface area contributed by atoms with Gasteiger partial charge in [0, 0.05) is 11.5 Å². The minimum Gasteiger partial charge on any atom is -0.300 e. The van der Waals surface area contributed by atoms with Crippen LogP contribution < -0.4 is 0 Å². The van der Waals surface area contributed by atoms with Gasteiger partial charge >= 0.3 is 0 Å². The van der Waals surface area contributed by atoms with E-state index in [4.69, 9.17) is 0 Å². The fourth-order valence-corrected chi connectivity index (χ4v) is 4.30. The number of hydrogen-bond donors (Lipinski definition) is 0. The van der Waals surface area contributed by atoms with Crippen LogP contribution in [0.5, 0.6) is 0 Å². The van der Waals surface area contributed by atoms with E-state index in [1.54, 1.807) is 5.57 Å². The van der Waals surface area contributed by atoms with Crippen molar-refractivity contribution in [3.63, 3.8) is 0 Å². The Hall–Kier alpha value is -1.08. The molecule has 1 aromatic carbocycles. The van der Waals surface area contributed by atoms with E-state index in [1.807, 2.05) is 13.8 Å². The Morgan fingerprint density at radius 3 is 2.20 bits per heavy atom. The molecule has 1 unspecified atom stereocenters. The molecule has 1 aromatic rings. The molecule has 1 aliphatic heterocycles. The maximum absolute atomic E-state index is 2.76. The second kappa shape index (κ2) is 11.5. The van der Waals surface area contributed by atoms with Crippen molar-refractivity contribution in [3.05, 3.63) is 47.5 Å². The van der Waals surface area contributed by atoms with Gasteiger partial charge < -0.3 is 4.90 Å². The Kier molecular flexibility index (Phi) is 10.1. The minimum absolute atomic E-state index is 0.259. The first kappa shape index (κ1) is 22.0. The highest BCUT2D eigenvalue weighted by atomic mass is 15.2. The predicted molar refractivity (Wildman–Crippen MR) is 113 cm³/mol. The molecule has 1 nitrogen and oxygen atoms in total. The third-order valence-electron chi connectivity index (χ3n) is 6.04. The zero-order valence-corrected chi connectivity index (χ0v) is 17.6. The molecule has 0 aromatic heterocycles. The van der Waals surface area contributed by atoms with Crippen molar-refractivity contribution < 1.29 is 0 Å². The standard InChI is InChI=1S/C22H35N.C2H6/c1-5-8-14-21(7-3)23-17-15-22(16-18-23,19(4)6-2)20-12-10-9-11-13-20;1-2/h6,9-13,21H,5,7-8,14-18H2,1-4H3;1-2H3/b19-6-;. The number of nitrogens with zero attached hydrogens (tertiary/aromatic N) is 1. The molecule has 25 heavy (non-hydrogen) atoms. The number of likely N-dealkylation sites (tertiary alicyclic amines) is 1. The molecular weight excluding hydrogens is 302 g/mol. The maximum Gasteiger partial charge on any atom is 0.0183 e. The van der Waals surface area contributed by atoms with Crippen LogP contribution in [0.15, 0.2) is 42.0 Å². The molecule has 0 radical (unpaired) electrons. The van der Waals surface area contributed by atoms with Crippen LogP contribution in [0.1, 0.15) is 85.6 Å². The summed E-state index contributed by atoms with van der Waals surface area (Å²) in [5.74, 6) is 0. The molecule has 1 aliphatic rings. The Labute approximate surface area is 157 Å². The lowest BCUT2D eigenvalue weighted by Crippen LogP contribution is -2.47. The van der Waals surface area contributed by atoms with Gasteiger partial charge in [0.15, 0.2) is 0 Å². The molecule has 2 rings (SSSR count). The summed E-state index contributed by atoms with van der Waals surface area (Å²) in [5, 5.41) is 0. The molecule has 1 heterocycles. The third-order valence-corrected chi connectivity index (χ3v) is 6.04. The Morgan fingerprint density at radius 1 is 1.12 bits per heavy atom. The van der Waals surface area contributed by atoms with Crippen LogP contribution in [0.25, 0.3) is 0 Å². The third kappa shape index (κ3) is 5.45. The van der Waals surface area contributed by atoms with Gasteiger partial charge in [-0.05, 0) is 58.2 Å². The van der Waals surface area contributed by atoms with Crippen LogP contribution in [0, 0.1) is 0 Å². The second-order valence-electron chi connectivity index (χ2n) is 7.16. The fraction of sp³-hybridized carbons (Fsp3) is 0.667. The molecule has 142 valence electrons. The average Bonchev–Trinajstić information content (AvgIpc) is 2.70. The summed E-state index contributed by atoms with van der Waals surface area (Å²) >= 11 is 0. The summed E-state index contributed by atoms with van der Waals surface area (Å²) in [5.41, 5.74) is 3.32. The molecule has 0 aliphatic carbocycles. The molecule has 0 amide bonds. The van der Waals surface area contributed by atoms with Gasteiger partial charge in [0.25, 0.3) is 0 Å². The molecule has 0 bridgehead atoms. The molecule has 1 fully saturated rings. The van der Waals surface area contributed by atoms with Crippen molar-refractivity contribution in [3.8, 4) is 0 Å². The highest BCUT2D eigenvalue weighted by Gasteiger charge is 2.38. The van der Waals surface area contributed by atoms with Gasteiger partial charge in [0.1, 0.15) is 0 Å². The van der Waals surface area contributed by atoms with E-state index in [-0.39, 0.29) is 5.41 Å². The zero-order chi connectivity index (χ0) is 18.7. The SMILES string of the molecule is C/C=C(/C)C1(c2ccccc2)CCN(C(CC)CCCC)CC1.CC. The second-order valence-corrected chi connectivity index (χ2v) is 7.16. The van der Waals surface area contributed by atoms with E-state index in [0.29, 0.717) is 0 Å². The van der Waals surface area contributed by atoms with E-state index in [9.17, 15) is 0 Å². The molecule has 0 saturated carbocycles. The fourth-order valence-electron chi connectivity index (χ4n) is 4.30. The van der Waals surface area contributed by atoms with E-state index in [1.165, 1.54) is 57.2 Å². The first-order valence-electron chi connectivity index (χ1n) is 10.6. The van der Waals surface area contributed by atoms with Gasteiger partial charge in [-0.1, -0.05) is 82.5 Å². The van der Waals surface area contributed by atoms with Crippen molar-refractivity contribution >= 4 is 0 Å². The number of allylic oxidation sites excluding steroid dienone is 2. The molecule has 0 N–H and O–H groups in total. The van der Waals surface area contributed by atoms with Crippen molar-refractivity contribution in [2.24, 2.45) is 0 Å². The number of rotatable bonds is 7. The van der Waals surface area contributed by atoms with E-state index in [2.05, 4.69) is 69.0 Å². The molecule has 0 spiro atoms. The number of hydrogen-bond acceptors (Lipinski definition) is 1. The number of piperidine rings is 1. The lowest BCUT2D eigenvalue weighted by Gasteiger charge is -2.45. The van der Waals surface area contributed by atoms with Crippen molar-refractivity contribution in [2.75, 3.05) is 13.1 Å². The van der Waals surface area contributed by atoms with Gasteiger partial charge in [-0.3, -0.25) is 0 Å². The van der Waals surface area contributed by atoms with Crippen LogP contribution in [0.2, 0.25) is 0 Å². The average molecular weight is 344 g/mol. The van der Waals surface area contributed by atoms with Crippen molar-refractivity contribution in [2.45, 2.75) is 91.5 Å². The Morgan fingerprint density at radius 2 is 1.72 bits per heavy atom. The smallest absolute Gasteiger partial charge is 0.0183 e. The van der Waals surface area contributed by atoms with Gasteiger partial charge in [-0.15, -0.1) is 0 Å². The summed E-state index contributed by atoms with van der Waals surface area (Å²) in [6.07, 6.45) is 10.2. The largest absolute Gasteiger partial charge is 0.300 e. The summed E-state index contributed by atoms with van der Waals surface area (Å²) in [4.78, 5) is 2.76. The first-order chi connectivity index (χ1) is 12.2. The molecule has 1 heteroatoms. The summed E-state index contributed by atoms with van der Waals surface area (Å²) in [6, 6.07) is 12.0. The Balaban J connectivity index is 0.00000151. The number of benzene rings is 1. The minimum atomic E-state index is 0.259. The molecular formula is C24H41N. The first-order valence-corrected chi connectivity index (χ1v) is 10.6. The van der Waals surface area contributed by atoms with Crippen molar-refractivity contribution in [1.29, 1.82) is 0 Å². The normalized spacial score (nSPS) is 19.0. The molecule has 1 atom stereocenters. The topological polar surface area (TPSA) is 3.24 Å². The lowest BCUT2D eigenvalue weighted by molar-refractivity contribution is 0.117. The summed E-state index contributed by atoms with van der Waals surface area (Å²) in [6.45, 7) is 15.7. The van der Waals surface area contributed by atoms with E-state index < -0.39 is 0 Å². The van der Waals surface area contributed by atoms with Crippen LogP contribution in [0.3, 0.4) is 0 Å². The zero-order valence-electron chi connectivity index (χ0n) is 17.6. The van der Waals surface area contributed by atoms with Crippen LogP contribution in [0.4, 0.5) is 0 Å². The lowest BCUT2D eigenvalue weighted by atomic mass is 9.67. The highest BCUT2D eigenvalue weighted by Crippen LogP contribution is 2.42. The summed E-state index contributed by atoms with van der Waals surface area (Å²) in [7, 11) is 0. The van der Waals surface area contributed by atoms with Gasteiger partial charge in [-0.2, -0.15) is 0 Å².